The lowest BCUT2D eigenvalue weighted by Gasteiger charge is -2.20. The third kappa shape index (κ3) is 3.31. The number of nitrogens with zero attached hydrogens (tertiary/aromatic N) is 3. The molecule has 1 aromatic heterocycles. The topological polar surface area (TPSA) is 38.1 Å². The van der Waals surface area contributed by atoms with Crippen LogP contribution >= 0.6 is 11.8 Å². The van der Waals surface area contributed by atoms with Crippen molar-refractivity contribution in [3.63, 3.8) is 0 Å². The van der Waals surface area contributed by atoms with Crippen LogP contribution in [0.4, 0.5) is 5.69 Å². The highest BCUT2D eigenvalue weighted by atomic mass is 32.2. The van der Waals surface area contributed by atoms with Crippen LogP contribution in [0.1, 0.15) is 13.8 Å². The number of hydrogen-bond donors (Lipinski definition) is 0. The molecule has 0 N–H and O–H groups in total. The summed E-state index contributed by atoms with van der Waals surface area (Å²) in [7, 11) is 0. The second-order valence-corrected chi connectivity index (χ2v) is 6.33. The van der Waals surface area contributed by atoms with Crippen molar-refractivity contribution in [1.29, 1.82) is 0 Å². The Balaban J connectivity index is 1.76. The van der Waals surface area contributed by atoms with Crippen LogP contribution in [0.15, 0.2) is 59.8 Å². The molecule has 0 aliphatic rings. The fraction of sp³-hybridized carbons (Fsp3) is 0.263. The molecule has 0 bridgehead atoms. The maximum absolute atomic E-state index is 12.6. The maximum Gasteiger partial charge on any atom is 0.237 e. The molecule has 124 valence electrons. The van der Waals surface area contributed by atoms with Crippen molar-refractivity contribution in [1.82, 2.24) is 9.55 Å². The first-order valence-corrected chi connectivity index (χ1v) is 9.16. The first kappa shape index (κ1) is 16.6. The molecule has 3 rings (SSSR count). The maximum atomic E-state index is 12.6. The quantitative estimate of drug-likeness (QED) is 0.632. The van der Waals surface area contributed by atoms with Crippen LogP contribution in [0.5, 0.6) is 0 Å². The van der Waals surface area contributed by atoms with Crippen LogP contribution in [0.25, 0.3) is 11.0 Å². The van der Waals surface area contributed by atoms with E-state index in [1.54, 1.807) is 0 Å². The lowest BCUT2D eigenvalue weighted by Crippen LogP contribution is -2.32. The Morgan fingerprint density at radius 3 is 2.50 bits per heavy atom. The molecule has 2 aromatic carbocycles. The van der Waals surface area contributed by atoms with Crippen LogP contribution in [-0.2, 0) is 11.3 Å². The van der Waals surface area contributed by atoms with Gasteiger partial charge in [-0.2, -0.15) is 0 Å². The van der Waals surface area contributed by atoms with E-state index in [0.29, 0.717) is 12.3 Å². The molecule has 0 aliphatic heterocycles. The molecule has 1 heterocycles. The van der Waals surface area contributed by atoms with Gasteiger partial charge in [0.25, 0.3) is 0 Å². The molecule has 0 spiro atoms. The number of carbonyl (C=O) groups is 1. The third-order valence-corrected chi connectivity index (χ3v) is 4.91. The summed E-state index contributed by atoms with van der Waals surface area (Å²) in [5.74, 6) is 0.481. The number of aryl methyl sites for hydroxylation is 1. The van der Waals surface area contributed by atoms with Gasteiger partial charge in [0.15, 0.2) is 5.16 Å². The number of anilines is 1. The molecule has 0 aliphatic carbocycles. The molecular weight excluding hydrogens is 318 g/mol. The number of hydrogen-bond acceptors (Lipinski definition) is 3. The highest BCUT2D eigenvalue weighted by molar-refractivity contribution is 7.99. The molecule has 4 nitrogen and oxygen atoms in total. The molecule has 0 radical (unpaired) electrons. The van der Waals surface area contributed by atoms with Crippen LogP contribution < -0.4 is 4.90 Å². The second-order valence-electron chi connectivity index (χ2n) is 5.39. The van der Waals surface area contributed by atoms with Crippen molar-refractivity contribution >= 4 is 34.4 Å². The molecule has 3 aromatic rings. The Morgan fingerprint density at radius 2 is 1.79 bits per heavy atom. The van der Waals surface area contributed by atoms with Gasteiger partial charge in [0, 0.05) is 18.8 Å². The second kappa shape index (κ2) is 7.53. The molecular formula is C19H21N3OS. The first-order valence-electron chi connectivity index (χ1n) is 8.18. The van der Waals surface area contributed by atoms with Crippen molar-refractivity contribution in [2.24, 2.45) is 0 Å². The van der Waals surface area contributed by atoms with E-state index in [1.807, 2.05) is 60.4 Å². The largest absolute Gasteiger partial charge is 0.319 e. The summed E-state index contributed by atoms with van der Waals surface area (Å²) in [4.78, 5) is 19.1. The highest BCUT2D eigenvalue weighted by Gasteiger charge is 2.16. The van der Waals surface area contributed by atoms with Crippen LogP contribution in [0.3, 0.4) is 0 Å². The number of carbonyl (C=O) groups excluding carboxylic acids is 1. The van der Waals surface area contributed by atoms with Crippen molar-refractivity contribution in [2.45, 2.75) is 25.5 Å². The predicted molar refractivity (Wildman–Crippen MR) is 101 cm³/mol. The van der Waals surface area contributed by atoms with E-state index in [0.717, 1.165) is 28.4 Å². The lowest BCUT2D eigenvalue weighted by molar-refractivity contribution is -0.116. The van der Waals surface area contributed by atoms with Gasteiger partial charge in [-0.15, -0.1) is 0 Å². The van der Waals surface area contributed by atoms with Crippen LogP contribution in [0, 0.1) is 0 Å². The number of rotatable bonds is 6. The van der Waals surface area contributed by atoms with Crippen molar-refractivity contribution in [3.05, 3.63) is 54.6 Å². The number of aromatic nitrogens is 2. The fourth-order valence-corrected chi connectivity index (χ4v) is 3.74. The van der Waals surface area contributed by atoms with Crippen LogP contribution in [0.2, 0.25) is 0 Å². The van der Waals surface area contributed by atoms with Gasteiger partial charge in [-0.3, -0.25) is 4.79 Å². The summed E-state index contributed by atoms with van der Waals surface area (Å²) in [5.41, 5.74) is 3.03. The molecule has 24 heavy (non-hydrogen) atoms. The Hall–Kier alpha value is -2.27. The first-order chi connectivity index (χ1) is 11.7. The molecule has 0 unspecified atom stereocenters. The van der Waals surface area contributed by atoms with Gasteiger partial charge in [-0.25, -0.2) is 4.98 Å². The van der Waals surface area contributed by atoms with E-state index < -0.39 is 0 Å². The van der Waals surface area contributed by atoms with Crippen molar-refractivity contribution in [3.8, 4) is 0 Å². The Morgan fingerprint density at radius 1 is 1.08 bits per heavy atom. The lowest BCUT2D eigenvalue weighted by atomic mass is 10.3. The SMILES string of the molecule is CCN(C(=O)CSc1nc2ccccc2n1CC)c1ccccc1. The molecule has 0 saturated heterocycles. The zero-order chi connectivity index (χ0) is 16.9. The minimum Gasteiger partial charge on any atom is -0.319 e. The number of amides is 1. The molecule has 0 fully saturated rings. The number of thioether (sulfide) groups is 1. The monoisotopic (exact) mass is 339 g/mol. The molecule has 5 heteroatoms. The zero-order valence-electron chi connectivity index (χ0n) is 14.0. The Kier molecular flexibility index (Phi) is 5.20. The minimum absolute atomic E-state index is 0.100. The van der Waals surface area contributed by atoms with Gasteiger partial charge in [-0.05, 0) is 38.1 Å². The summed E-state index contributed by atoms with van der Waals surface area (Å²) in [6.45, 7) is 5.60. The highest BCUT2D eigenvalue weighted by Crippen LogP contribution is 2.25. The normalized spacial score (nSPS) is 10.9. The van der Waals surface area contributed by atoms with E-state index in [2.05, 4.69) is 22.5 Å². The van der Waals surface area contributed by atoms with Gasteiger partial charge < -0.3 is 9.47 Å². The van der Waals surface area contributed by atoms with E-state index in [-0.39, 0.29) is 5.91 Å². The van der Waals surface area contributed by atoms with Crippen molar-refractivity contribution in [2.75, 3.05) is 17.2 Å². The smallest absolute Gasteiger partial charge is 0.237 e. The summed E-state index contributed by atoms with van der Waals surface area (Å²) in [5, 5.41) is 0.899. The number of benzene rings is 2. The number of para-hydroxylation sites is 3. The average molecular weight is 339 g/mol. The van der Waals surface area contributed by atoms with Crippen molar-refractivity contribution < 1.29 is 4.79 Å². The summed E-state index contributed by atoms with van der Waals surface area (Å²) < 4.78 is 2.16. The predicted octanol–water partition coefficient (Wildman–Crippen LogP) is 4.20. The standard InChI is InChI=1S/C19H21N3OS/c1-3-21(15-10-6-5-7-11-15)18(23)14-24-19-20-16-12-8-9-13-17(16)22(19)4-2/h5-13H,3-4,14H2,1-2H3. The van der Waals surface area contributed by atoms with E-state index in [4.69, 9.17) is 0 Å². The molecule has 0 atom stereocenters. The molecule has 1 amide bonds. The average Bonchev–Trinajstić information content (AvgIpc) is 2.99. The van der Waals surface area contributed by atoms with Gasteiger partial charge in [0.1, 0.15) is 0 Å². The Labute approximate surface area is 146 Å². The van der Waals surface area contributed by atoms with Gasteiger partial charge in [0.2, 0.25) is 5.91 Å². The minimum atomic E-state index is 0.100. The van der Waals surface area contributed by atoms with E-state index in [9.17, 15) is 4.79 Å². The van der Waals surface area contributed by atoms with Gasteiger partial charge in [0.05, 0.1) is 16.8 Å². The van der Waals surface area contributed by atoms with Crippen LogP contribution in [-0.4, -0.2) is 27.8 Å². The van der Waals surface area contributed by atoms with E-state index in [1.165, 1.54) is 11.8 Å². The number of imidazole rings is 1. The zero-order valence-corrected chi connectivity index (χ0v) is 14.8. The summed E-state index contributed by atoms with van der Waals surface area (Å²) in [6, 6.07) is 17.9. The third-order valence-electron chi connectivity index (χ3n) is 3.95. The summed E-state index contributed by atoms with van der Waals surface area (Å²) >= 11 is 1.50. The van der Waals surface area contributed by atoms with E-state index >= 15 is 0 Å². The summed E-state index contributed by atoms with van der Waals surface area (Å²) in [6.07, 6.45) is 0. The van der Waals surface area contributed by atoms with Gasteiger partial charge >= 0.3 is 0 Å². The number of fused-ring (bicyclic) bond motifs is 1. The van der Waals surface area contributed by atoms with Gasteiger partial charge in [-0.1, -0.05) is 42.1 Å². The Bertz CT molecular complexity index is 829. The molecule has 0 saturated carbocycles. The fourth-order valence-electron chi connectivity index (χ4n) is 2.78.